The van der Waals surface area contributed by atoms with Crippen LogP contribution in [-0.4, -0.2) is 49.2 Å². The zero-order valence-corrected chi connectivity index (χ0v) is 12.7. The molecule has 2 heterocycles. The Morgan fingerprint density at radius 2 is 2.00 bits per heavy atom. The number of hydrogen-bond donors (Lipinski definition) is 0. The molecule has 0 N–H and O–H groups in total. The molecule has 0 radical (unpaired) electrons. The number of ether oxygens (including phenoxy) is 1. The van der Waals surface area contributed by atoms with Gasteiger partial charge >= 0.3 is 12.1 Å². The maximum absolute atomic E-state index is 13.0. The van der Waals surface area contributed by atoms with Crippen molar-refractivity contribution in [3.8, 4) is 0 Å². The Morgan fingerprint density at radius 3 is 2.57 bits per heavy atom. The van der Waals surface area contributed by atoms with Gasteiger partial charge in [-0.05, 0) is 31.4 Å². The number of fused-ring (bicyclic) bond motifs is 1. The second-order valence-electron chi connectivity index (χ2n) is 5.58. The maximum atomic E-state index is 13.0. The summed E-state index contributed by atoms with van der Waals surface area (Å²) in [6.07, 6.45) is -0.996. The number of alkyl halides is 3. The average Bonchev–Trinajstić information content (AvgIpc) is 2.39. The quantitative estimate of drug-likeness (QED) is 0.706. The molecule has 0 atom stereocenters. The molecule has 0 unspecified atom stereocenters. The highest BCUT2D eigenvalue weighted by Crippen LogP contribution is 2.48. The fourth-order valence-electron chi connectivity index (χ4n) is 2.50. The first-order chi connectivity index (χ1) is 10.6. The molecule has 0 bridgehead atoms. The molecule has 1 aliphatic carbocycles. The summed E-state index contributed by atoms with van der Waals surface area (Å²) >= 11 is 0. The molecule has 1 fully saturated rings. The van der Waals surface area contributed by atoms with Crippen molar-refractivity contribution in [1.29, 1.82) is 0 Å². The third kappa shape index (κ3) is 2.87. The smallest absolute Gasteiger partial charge is 0.428 e. The van der Waals surface area contributed by atoms with Crippen LogP contribution in [0.3, 0.4) is 0 Å². The van der Waals surface area contributed by atoms with Crippen molar-refractivity contribution < 1.29 is 31.1 Å². The van der Waals surface area contributed by atoms with Gasteiger partial charge in [-0.3, -0.25) is 0 Å². The molecule has 3 rings (SSSR count). The Bertz CT molecular complexity index is 733. The van der Waals surface area contributed by atoms with Crippen molar-refractivity contribution in [1.82, 2.24) is 4.90 Å². The molecule has 0 aromatic heterocycles. The van der Waals surface area contributed by atoms with E-state index in [1.807, 2.05) is 0 Å². The zero-order valence-electron chi connectivity index (χ0n) is 11.8. The Morgan fingerprint density at radius 1 is 1.30 bits per heavy atom. The van der Waals surface area contributed by atoms with Crippen molar-refractivity contribution in [2.75, 3.05) is 12.3 Å². The molecule has 23 heavy (non-hydrogen) atoms. The van der Waals surface area contributed by atoms with E-state index in [2.05, 4.69) is 4.40 Å². The third-order valence-corrected chi connectivity index (χ3v) is 5.19. The van der Waals surface area contributed by atoms with Crippen LogP contribution >= 0.6 is 0 Å². The van der Waals surface area contributed by atoms with Crippen LogP contribution in [0, 0.1) is 0 Å². The first-order valence-electron chi connectivity index (χ1n) is 6.91. The van der Waals surface area contributed by atoms with Crippen LogP contribution < -0.4 is 0 Å². The molecule has 0 aromatic carbocycles. The van der Waals surface area contributed by atoms with Crippen LogP contribution in [0.5, 0.6) is 0 Å². The summed E-state index contributed by atoms with van der Waals surface area (Å²) in [4.78, 5) is 13.4. The predicted molar refractivity (Wildman–Crippen MR) is 73.9 cm³/mol. The minimum Gasteiger partial charge on any atom is -0.446 e. The van der Waals surface area contributed by atoms with Gasteiger partial charge in [0.15, 0.2) is 0 Å². The molecule has 2 aliphatic heterocycles. The molecular formula is C13H13F3N2O4S. The van der Waals surface area contributed by atoms with Crippen LogP contribution in [0.25, 0.3) is 0 Å². The highest BCUT2D eigenvalue weighted by atomic mass is 32.2. The van der Waals surface area contributed by atoms with Gasteiger partial charge < -0.3 is 9.64 Å². The van der Waals surface area contributed by atoms with E-state index in [0.29, 0.717) is 6.42 Å². The standard InChI is InChI=1S/C13H13F3N2O4S/c14-13(15,16)12(4-1-5-12)22-11(19)9-2-3-10-17-23(20,21)7-6-18(10)8-9/h2-3,8H,1,4-7H2. The second kappa shape index (κ2) is 5.08. The number of carbonyl (C=O) groups is 1. The first kappa shape index (κ1) is 16.0. The predicted octanol–water partition coefficient (Wildman–Crippen LogP) is 1.51. The van der Waals surface area contributed by atoms with Crippen LogP contribution in [-0.2, 0) is 19.6 Å². The van der Waals surface area contributed by atoms with Gasteiger partial charge in [-0.25, -0.2) is 13.2 Å². The number of halogens is 3. The van der Waals surface area contributed by atoms with Gasteiger partial charge in [0.1, 0.15) is 5.84 Å². The molecule has 0 spiro atoms. The fourth-order valence-corrected chi connectivity index (χ4v) is 3.47. The largest absolute Gasteiger partial charge is 0.446 e. The van der Waals surface area contributed by atoms with Gasteiger partial charge in [0.25, 0.3) is 10.0 Å². The molecule has 126 valence electrons. The lowest BCUT2D eigenvalue weighted by molar-refractivity contribution is -0.292. The average molecular weight is 350 g/mol. The van der Waals surface area contributed by atoms with Crippen molar-refractivity contribution in [3.63, 3.8) is 0 Å². The SMILES string of the molecule is O=C(OC1(C(F)(F)F)CCC1)C1=CN2CCS(=O)(=O)N=C2C=C1. The normalized spacial score (nSPS) is 24.9. The number of amidine groups is 1. The molecular weight excluding hydrogens is 337 g/mol. The summed E-state index contributed by atoms with van der Waals surface area (Å²) in [5, 5.41) is 0. The monoisotopic (exact) mass is 350 g/mol. The summed E-state index contributed by atoms with van der Waals surface area (Å²) in [7, 11) is -3.53. The van der Waals surface area contributed by atoms with Gasteiger partial charge in [0.05, 0.1) is 11.3 Å². The Balaban J connectivity index is 1.78. The summed E-state index contributed by atoms with van der Waals surface area (Å²) < 4.78 is 70.1. The third-order valence-electron chi connectivity index (χ3n) is 4.03. The minimum atomic E-state index is -4.61. The van der Waals surface area contributed by atoms with Crippen molar-refractivity contribution in [2.24, 2.45) is 4.40 Å². The van der Waals surface area contributed by atoms with Crippen LogP contribution in [0.15, 0.2) is 28.3 Å². The van der Waals surface area contributed by atoms with E-state index < -0.39 is 27.8 Å². The van der Waals surface area contributed by atoms with Crippen LogP contribution in [0.2, 0.25) is 0 Å². The number of sulfonamides is 1. The van der Waals surface area contributed by atoms with E-state index in [-0.39, 0.29) is 36.5 Å². The van der Waals surface area contributed by atoms with Gasteiger partial charge in [-0.2, -0.15) is 13.2 Å². The van der Waals surface area contributed by atoms with Crippen LogP contribution in [0.1, 0.15) is 19.3 Å². The number of carbonyl (C=O) groups excluding carboxylic acids is 1. The molecule has 0 saturated heterocycles. The molecule has 3 aliphatic rings. The van der Waals surface area contributed by atoms with Gasteiger partial charge in [0, 0.05) is 12.7 Å². The van der Waals surface area contributed by atoms with Crippen LogP contribution in [0.4, 0.5) is 13.2 Å². The second-order valence-corrected chi connectivity index (χ2v) is 7.34. The number of hydrogen-bond acceptors (Lipinski definition) is 5. The lowest BCUT2D eigenvalue weighted by Gasteiger charge is -2.42. The van der Waals surface area contributed by atoms with E-state index >= 15 is 0 Å². The van der Waals surface area contributed by atoms with Crippen molar-refractivity contribution in [2.45, 2.75) is 31.0 Å². The van der Waals surface area contributed by atoms with E-state index in [4.69, 9.17) is 4.74 Å². The Kier molecular flexibility index (Phi) is 3.54. The lowest BCUT2D eigenvalue weighted by Crippen LogP contribution is -2.54. The highest BCUT2D eigenvalue weighted by molar-refractivity contribution is 7.90. The summed E-state index contributed by atoms with van der Waals surface area (Å²) in [6, 6.07) is 0. The number of rotatable bonds is 2. The first-order valence-corrected chi connectivity index (χ1v) is 8.52. The molecule has 6 nitrogen and oxygen atoms in total. The van der Waals surface area contributed by atoms with Gasteiger partial charge in [-0.1, -0.05) is 0 Å². The van der Waals surface area contributed by atoms with E-state index in [1.165, 1.54) is 23.3 Å². The van der Waals surface area contributed by atoms with Gasteiger partial charge in [0.2, 0.25) is 5.60 Å². The van der Waals surface area contributed by atoms with Crippen molar-refractivity contribution >= 4 is 21.8 Å². The fraction of sp³-hybridized carbons (Fsp3) is 0.538. The van der Waals surface area contributed by atoms with Crippen molar-refractivity contribution in [3.05, 3.63) is 23.9 Å². The maximum Gasteiger partial charge on any atom is 0.428 e. The Labute approximate surface area is 130 Å². The molecule has 0 aromatic rings. The summed E-state index contributed by atoms with van der Waals surface area (Å²) in [5.74, 6) is -1.18. The van der Waals surface area contributed by atoms with Gasteiger partial charge in [-0.15, -0.1) is 4.40 Å². The Hall–Kier alpha value is -1.84. The molecule has 10 heteroatoms. The van der Waals surface area contributed by atoms with E-state index in [0.717, 1.165) is 0 Å². The minimum absolute atomic E-state index is 0.0706. The number of nitrogens with zero attached hydrogens (tertiary/aromatic N) is 2. The topological polar surface area (TPSA) is 76.0 Å². The van der Waals surface area contributed by atoms with E-state index in [1.54, 1.807) is 0 Å². The number of esters is 1. The highest BCUT2D eigenvalue weighted by Gasteiger charge is 2.61. The van der Waals surface area contributed by atoms with E-state index in [9.17, 15) is 26.4 Å². The molecule has 1 saturated carbocycles. The lowest BCUT2D eigenvalue weighted by atomic mass is 9.79. The zero-order chi connectivity index (χ0) is 16.9. The summed E-state index contributed by atoms with van der Waals surface area (Å²) in [6.45, 7) is 0.0761. The molecule has 0 amide bonds. The summed E-state index contributed by atoms with van der Waals surface area (Å²) in [5.41, 5.74) is -2.47.